The molecule has 0 N–H and O–H groups in total. The summed E-state index contributed by atoms with van der Waals surface area (Å²) >= 11 is 13.9. The van der Waals surface area contributed by atoms with E-state index < -0.39 is 0 Å². The van der Waals surface area contributed by atoms with E-state index in [1.165, 1.54) is 4.88 Å². The van der Waals surface area contributed by atoms with Crippen molar-refractivity contribution in [3.05, 3.63) is 73.3 Å². The van der Waals surface area contributed by atoms with Crippen LogP contribution >= 0.6 is 34.5 Å². The van der Waals surface area contributed by atoms with Gasteiger partial charge in [0.25, 0.3) is 5.91 Å². The second-order valence-corrected chi connectivity index (χ2v) is 8.44. The van der Waals surface area contributed by atoms with Crippen molar-refractivity contribution in [3.8, 4) is 11.3 Å². The molecule has 2 aromatic carbocycles. The molecule has 0 atom stereocenters. The van der Waals surface area contributed by atoms with Crippen molar-refractivity contribution in [1.29, 1.82) is 0 Å². The zero-order valence-electron chi connectivity index (χ0n) is 16.1. The summed E-state index contributed by atoms with van der Waals surface area (Å²) in [7, 11) is 0. The number of thiazole rings is 1. The van der Waals surface area contributed by atoms with Crippen LogP contribution in [0.25, 0.3) is 11.3 Å². The van der Waals surface area contributed by atoms with Crippen molar-refractivity contribution in [2.45, 2.75) is 40.2 Å². The zero-order valence-corrected chi connectivity index (χ0v) is 18.5. The molecule has 6 heteroatoms. The molecule has 1 amide bonds. The fraction of sp³-hybridized carbons (Fsp3) is 0.273. The molecule has 0 aliphatic carbocycles. The molecule has 0 unspecified atom stereocenters. The minimum Gasteiger partial charge on any atom is -0.316 e. The monoisotopic (exact) mass is 432 g/mol. The van der Waals surface area contributed by atoms with Gasteiger partial charge in [-0.15, -0.1) is 11.3 Å². The molecule has 3 nitrogen and oxygen atoms in total. The van der Waals surface area contributed by atoms with Gasteiger partial charge in [0.05, 0.1) is 15.7 Å². The van der Waals surface area contributed by atoms with E-state index in [1.54, 1.807) is 23.5 Å². The highest BCUT2D eigenvalue weighted by atomic mass is 35.5. The van der Waals surface area contributed by atoms with Crippen LogP contribution in [0.1, 0.15) is 41.1 Å². The molecule has 0 bridgehead atoms. The van der Waals surface area contributed by atoms with E-state index in [2.05, 4.69) is 23.4 Å². The van der Waals surface area contributed by atoms with Crippen LogP contribution in [-0.2, 0) is 13.0 Å². The molecule has 0 saturated heterocycles. The Morgan fingerprint density at radius 1 is 1.11 bits per heavy atom. The summed E-state index contributed by atoms with van der Waals surface area (Å²) in [5.41, 5.74) is 3.69. The van der Waals surface area contributed by atoms with Gasteiger partial charge in [0.1, 0.15) is 0 Å². The van der Waals surface area contributed by atoms with Crippen LogP contribution in [0, 0.1) is 6.92 Å². The third-order valence-corrected chi connectivity index (χ3v) is 6.31. The summed E-state index contributed by atoms with van der Waals surface area (Å²) in [5, 5.41) is 1.05. The average molecular weight is 433 g/mol. The van der Waals surface area contributed by atoms with Crippen molar-refractivity contribution in [2.75, 3.05) is 0 Å². The molecule has 1 aromatic heterocycles. The first-order chi connectivity index (χ1) is 13.4. The van der Waals surface area contributed by atoms with Crippen LogP contribution in [0.15, 0.2) is 47.5 Å². The van der Waals surface area contributed by atoms with Crippen molar-refractivity contribution >= 4 is 40.4 Å². The van der Waals surface area contributed by atoms with Crippen LogP contribution in [0.2, 0.25) is 10.0 Å². The number of aromatic nitrogens is 1. The van der Waals surface area contributed by atoms with Crippen LogP contribution < -0.4 is 4.80 Å². The third-order valence-electron chi connectivity index (χ3n) is 4.43. The number of hydrogen-bond acceptors (Lipinski definition) is 2. The molecule has 0 aliphatic heterocycles. The van der Waals surface area contributed by atoms with Crippen molar-refractivity contribution in [2.24, 2.45) is 4.99 Å². The summed E-state index contributed by atoms with van der Waals surface area (Å²) in [6.07, 6.45) is 1.91. The molecule has 0 fully saturated rings. The first kappa shape index (κ1) is 20.8. The Kier molecular flexibility index (Phi) is 6.76. The summed E-state index contributed by atoms with van der Waals surface area (Å²) in [6, 6.07) is 13.2. The lowest BCUT2D eigenvalue weighted by Gasteiger charge is -2.10. The standard InChI is InChI=1S/C22H22Cl2N2OS/c1-4-7-19-20(15-10-11-17(23)18(24)13-15)26(5-2)22(28-19)25-21(27)16-9-6-8-14(3)12-16/h6,8-13H,4-5,7H2,1-3H3. The first-order valence-electron chi connectivity index (χ1n) is 9.28. The van der Waals surface area contributed by atoms with Gasteiger partial charge in [0.15, 0.2) is 4.80 Å². The van der Waals surface area contributed by atoms with E-state index in [9.17, 15) is 4.79 Å². The van der Waals surface area contributed by atoms with E-state index in [0.29, 0.717) is 27.0 Å². The van der Waals surface area contributed by atoms with Crippen molar-refractivity contribution in [1.82, 2.24) is 4.57 Å². The molecule has 3 rings (SSSR count). The second kappa shape index (κ2) is 9.08. The van der Waals surface area contributed by atoms with Gasteiger partial charge in [-0.3, -0.25) is 4.79 Å². The highest BCUT2D eigenvalue weighted by molar-refractivity contribution is 7.09. The number of hydrogen-bond donors (Lipinski definition) is 0. The second-order valence-electron chi connectivity index (χ2n) is 6.57. The van der Waals surface area contributed by atoms with Gasteiger partial charge in [-0.1, -0.05) is 60.3 Å². The minimum absolute atomic E-state index is 0.226. The zero-order chi connectivity index (χ0) is 20.3. The normalized spacial score (nSPS) is 11.8. The molecule has 0 spiro atoms. The summed E-state index contributed by atoms with van der Waals surface area (Å²) in [4.78, 5) is 19.1. The highest BCUT2D eigenvalue weighted by Crippen LogP contribution is 2.32. The number of carbonyl (C=O) groups excluding carboxylic acids is 1. The Hall–Kier alpha value is -1.88. The van der Waals surface area contributed by atoms with Crippen LogP contribution in [0.4, 0.5) is 0 Å². The Balaban J connectivity index is 2.17. The van der Waals surface area contributed by atoms with Gasteiger partial charge in [0, 0.05) is 22.5 Å². The summed E-state index contributed by atoms with van der Waals surface area (Å²) < 4.78 is 2.09. The Labute approximate surface area is 179 Å². The quantitative estimate of drug-likeness (QED) is 0.450. The average Bonchev–Trinajstić information content (AvgIpc) is 3.01. The van der Waals surface area contributed by atoms with Gasteiger partial charge in [0.2, 0.25) is 0 Å². The lowest BCUT2D eigenvalue weighted by molar-refractivity contribution is 0.0997. The number of amides is 1. The van der Waals surface area contributed by atoms with E-state index >= 15 is 0 Å². The van der Waals surface area contributed by atoms with Crippen molar-refractivity contribution < 1.29 is 4.79 Å². The molecule has 1 heterocycles. The fourth-order valence-corrected chi connectivity index (χ4v) is 4.73. The van der Waals surface area contributed by atoms with E-state index in [0.717, 1.165) is 29.7 Å². The number of carbonyl (C=O) groups is 1. The molecular weight excluding hydrogens is 411 g/mol. The highest BCUT2D eigenvalue weighted by Gasteiger charge is 2.16. The number of aryl methyl sites for hydroxylation is 2. The predicted octanol–water partition coefficient (Wildman–Crippen LogP) is 6.55. The Morgan fingerprint density at radius 3 is 2.54 bits per heavy atom. The molecule has 146 valence electrons. The molecule has 0 saturated carbocycles. The van der Waals surface area contributed by atoms with Crippen LogP contribution in [0.5, 0.6) is 0 Å². The van der Waals surface area contributed by atoms with Crippen LogP contribution in [0.3, 0.4) is 0 Å². The SMILES string of the molecule is CCCc1sc(=NC(=O)c2cccc(C)c2)n(CC)c1-c1ccc(Cl)c(Cl)c1. The van der Waals surface area contributed by atoms with Gasteiger partial charge in [-0.2, -0.15) is 4.99 Å². The predicted molar refractivity (Wildman–Crippen MR) is 119 cm³/mol. The Bertz CT molecular complexity index is 1080. The number of benzene rings is 2. The summed E-state index contributed by atoms with van der Waals surface area (Å²) in [5.74, 6) is -0.226. The van der Waals surface area contributed by atoms with E-state index in [1.807, 2.05) is 37.3 Å². The lowest BCUT2D eigenvalue weighted by atomic mass is 10.1. The summed E-state index contributed by atoms with van der Waals surface area (Å²) in [6.45, 7) is 6.87. The fourth-order valence-electron chi connectivity index (χ4n) is 3.12. The van der Waals surface area contributed by atoms with Gasteiger partial charge >= 0.3 is 0 Å². The number of rotatable bonds is 5. The van der Waals surface area contributed by atoms with Gasteiger partial charge < -0.3 is 4.57 Å². The minimum atomic E-state index is -0.226. The van der Waals surface area contributed by atoms with Crippen LogP contribution in [-0.4, -0.2) is 10.5 Å². The van der Waals surface area contributed by atoms with E-state index in [-0.39, 0.29) is 5.91 Å². The van der Waals surface area contributed by atoms with E-state index in [4.69, 9.17) is 23.2 Å². The largest absolute Gasteiger partial charge is 0.316 e. The maximum Gasteiger partial charge on any atom is 0.279 e. The molecular formula is C22H22Cl2N2OS. The Morgan fingerprint density at radius 2 is 1.89 bits per heavy atom. The molecule has 28 heavy (non-hydrogen) atoms. The molecule has 0 aliphatic rings. The van der Waals surface area contributed by atoms with Gasteiger partial charge in [-0.05, 0) is 44.5 Å². The molecule has 3 aromatic rings. The number of nitrogens with zero attached hydrogens (tertiary/aromatic N) is 2. The topological polar surface area (TPSA) is 34.4 Å². The number of halogens is 2. The third kappa shape index (κ3) is 4.40. The smallest absolute Gasteiger partial charge is 0.279 e. The maximum atomic E-state index is 12.7. The lowest BCUT2D eigenvalue weighted by Crippen LogP contribution is -2.17. The van der Waals surface area contributed by atoms with Crippen molar-refractivity contribution in [3.63, 3.8) is 0 Å². The first-order valence-corrected chi connectivity index (χ1v) is 10.9. The maximum absolute atomic E-state index is 12.7. The van der Waals surface area contributed by atoms with Gasteiger partial charge in [-0.25, -0.2) is 0 Å². The molecule has 0 radical (unpaired) electrons.